The van der Waals surface area contributed by atoms with Gasteiger partial charge in [-0.25, -0.2) is 0 Å². The Bertz CT molecular complexity index is 1510. The number of aromatic hydroxyl groups is 1. The maximum atomic E-state index is 14.2. The molecule has 2 aliphatic carbocycles. The summed E-state index contributed by atoms with van der Waals surface area (Å²) in [7, 11) is 0. The third-order valence-corrected chi connectivity index (χ3v) is 6.91. The van der Waals surface area contributed by atoms with E-state index in [0.717, 1.165) is 44.1 Å². The Morgan fingerprint density at radius 1 is 1.03 bits per heavy atom. The summed E-state index contributed by atoms with van der Waals surface area (Å²) in [6.45, 7) is 2.06. The van der Waals surface area contributed by atoms with E-state index in [-0.39, 0.29) is 23.7 Å². The summed E-state index contributed by atoms with van der Waals surface area (Å²) in [4.78, 5) is 18.7. The third kappa shape index (κ3) is 5.63. The van der Waals surface area contributed by atoms with Gasteiger partial charge in [-0.3, -0.25) is 9.36 Å². The summed E-state index contributed by atoms with van der Waals surface area (Å²) in [5.41, 5.74) is 0.714. The summed E-state index contributed by atoms with van der Waals surface area (Å²) in [5.74, 6) is 1.24. The second kappa shape index (κ2) is 10.7. The molecule has 2 aliphatic rings. The van der Waals surface area contributed by atoms with E-state index in [1.807, 2.05) is 30.3 Å². The van der Waals surface area contributed by atoms with Crippen molar-refractivity contribution in [1.82, 2.24) is 19.7 Å². The number of ether oxygens (including phenoxy) is 2. The minimum Gasteiger partial charge on any atom is -0.493 e. The van der Waals surface area contributed by atoms with Crippen LogP contribution in [0.15, 0.2) is 51.7 Å². The van der Waals surface area contributed by atoms with Crippen LogP contribution in [-0.4, -0.2) is 37.1 Å². The second-order valence-electron chi connectivity index (χ2n) is 10.0. The predicted octanol–water partition coefficient (Wildman–Crippen LogP) is 5.66. The molecule has 0 atom stereocenters. The molecule has 6 rings (SSSR count). The number of benzene rings is 2. The number of nitrogens with zero attached hydrogens (tertiary/aromatic N) is 4. The van der Waals surface area contributed by atoms with Gasteiger partial charge in [0.2, 0.25) is 11.8 Å². The maximum Gasteiger partial charge on any atom is 0.275 e. The van der Waals surface area contributed by atoms with E-state index < -0.39 is 11.4 Å². The molecular weight excluding hydrogens is 520 g/mol. The van der Waals surface area contributed by atoms with Gasteiger partial charge in [-0.05, 0) is 61.9 Å². The molecule has 202 valence electrons. The van der Waals surface area contributed by atoms with E-state index in [4.69, 9.17) is 25.5 Å². The monoisotopic (exact) mass is 548 g/mol. The molecule has 2 saturated carbocycles. The molecule has 0 aliphatic heterocycles. The Morgan fingerprint density at radius 3 is 2.31 bits per heavy atom. The first kappa shape index (κ1) is 25.4. The minimum atomic E-state index is -0.525. The van der Waals surface area contributed by atoms with Gasteiger partial charge in [0.25, 0.3) is 11.4 Å². The summed E-state index contributed by atoms with van der Waals surface area (Å²) < 4.78 is 19.8. The zero-order valence-corrected chi connectivity index (χ0v) is 22.4. The highest BCUT2D eigenvalue weighted by Crippen LogP contribution is 2.40. The average molecular weight is 549 g/mol. The van der Waals surface area contributed by atoms with Crippen molar-refractivity contribution in [2.75, 3.05) is 0 Å². The van der Waals surface area contributed by atoms with Crippen molar-refractivity contribution in [3.05, 3.63) is 75.1 Å². The van der Waals surface area contributed by atoms with Gasteiger partial charge in [0.15, 0.2) is 5.56 Å². The van der Waals surface area contributed by atoms with E-state index in [0.29, 0.717) is 46.8 Å². The number of halogens is 1. The van der Waals surface area contributed by atoms with Gasteiger partial charge in [0, 0.05) is 11.4 Å². The quantitative estimate of drug-likeness (QED) is 0.255. The zero-order chi connectivity index (χ0) is 26.9. The summed E-state index contributed by atoms with van der Waals surface area (Å²) in [6, 6.07) is 12.8. The first-order valence-electron chi connectivity index (χ1n) is 13.4. The van der Waals surface area contributed by atoms with Gasteiger partial charge < -0.3 is 19.0 Å². The van der Waals surface area contributed by atoms with Crippen LogP contribution in [0, 0.1) is 0 Å². The number of unbranched alkanes of at least 4 members (excludes halogenated alkanes) is 1. The van der Waals surface area contributed by atoms with Crippen LogP contribution in [0.5, 0.6) is 17.4 Å². The molecule has 0 radical (unpaired) electrons. The number of hydrogen-bond donors (Lipinski definition) is 1. The van der Waals surface area contributed by atoms with Crippen molar-refractivity contribution in [2.24, 2.45) is 0 Å². The summed E-state index contributed by atoms with van der Waals surface area (Å²) in [6.07, 6.45) is 6.54. The molecule has 1 N–H and O–H groups in total. The highest BCUT2D eigenvalue weighted by Gasteiger charge is 2.32. The smallest absolute Gasteiger partial charge is 0.275 e. The molecular formula is C29H29ClN4O5. The van der Waals surface area contributed by atoms with Crippen LogP contribution in [0.2, 0.25) is 5.02 Å². The van der Waals surface area contributed by atoms with Crippen molar-refractivity contribution in [2.45, 2.75) is 70.5 Å². The van der Waals surface area contributed by atoms with Crippen molar-refractivity contribution in [3.63, 3.8) is 0 Å². The lowest BCUT2D eigenvalue weighted by atomic mass is 10.1. The molecule has 0 bridgehead atoms. The molecule has 2 aromatic heterocycles. The van der Waals surface area contributed by atoms with Crippen molar-refractivity contribution >= 4 is 11.6 Å². The third-order valence-electron chi connectivity index (χ3n) is 6.66. The largest absolute Gasteiger partial charge is 0.493 e. The number of para-hydroxylation sites is 1. The highest BCUT2D eigenvalue weighted by atomic mass is 35.5. The van der Waals surface area contributed by atoms with Crippen LogP contribution < -0.4 is 15.0 Å². The van der Waals surface area contributed by atoms with E-state index in [2.05, 4.69) is 22.1 Å². The molecule has 0 saturated heterocycles. The molecule has 9 nitrogen and oxygen atoms in total. The Kier molecular flexibility index (Phi) is 6.99. The highest BCUT2D eigenvalue weighted by molar-refractivity contribution is 6.30. The van der Waals surface area contributed by atoms with Crippen LogP contribution in [0.25, 0.3) is 17.1 Å². The lowest BCUT2D eigenvalue weighted by molar-refractivity contribution is 0.284. The van der Waals surface area contributed by atoms with Gasteiger partial charge in [-0.2, -0.15) is 4.98 Å². The standard InChI is InChI=1S/C29H29ClN4O5/c1-2-3-7-23-31-27(35)25(28-33-32-24(39-28)16-17-8-10-18(30)11-9-17)29(36)34(23)26-21(37-19-12-13-19)5-4-6-22(26)38-20-14-15-20/h4-6,8-11,19-20,35H,2-3,7,12-16H2,1H3. The number of hydrogen-bond acceptors (Lipinski definition) is 8. The molecule has 10 heteroatoms. The van der Waals surface area contributed by atoms with E-state index in [1.54, 1.807) is 12.1 Å². The summed E-state index contributed by atoms with van der Waals surface area (Å²) in [5, 5.41) is 19.8. The molecule has 4 aromatic rings. The zero-order valence-electron chi connectivity index (χ0n) is 21.6. The SMILES string of the molecule is CCCCc1nc(O)c(-c2nnc(Cc3ccc(Cl)cc3)o2)c(=O)n1-c1c(OC2CC2)cccc1OC1CC1. The molecule has 39 heavy (non-hydrogen) atoms. The van der Waals surface area contributed by atoms with Crippen molar-refractivity contribution < 1.29 is 19.0 Å². The lowest BCUT2D eigenvalue weighted by Crippen LogP contribution is -2.27. The maximum absolute atomic E-state index is 14.2. The first-order chi connectivity index (χ1) is 19.0. The fourth-order valence-corrected chi connectivity index (χ4v) is 4.45. The van der Waals surface area contributed by atoms with Crippen molar-refractivity contribution in [1.29, 1.82) is 0 Å². The predicted molar refractivity (Wildman–Crippen MR) is 145 cm³/mol. The van der Waals surface area contributed by atoms with E-state index in [1.165, 1.54) is 4.57 Å². The van der Waals surface area contributed by atoms with Gasteiger partial charge in [0.1, 0.15) is 23.0 Å². The van der Waals surface area contributed by atoms with Gasteiger partial charge in [-0.15, -0.1) is 10.2 Å². The van der Waals surface area contributed by atoms with Crippen LogP contribution in [0.1, 0.15) is 62.7 Å². The molecule has 0 unspecified atom stereocenters. The number of rotatable bonds is 11. The molecule has 2 aromatic carbocycles. The van der Waals surface area contributed by atoms with Crippen molar-refractivity contribution in [3.8, 4) is 34.5 Å². The Labute approximate surface area is 230 Å². The van der Waals surface area contributed by atoms with Crippen LogP contribution in [-0.2, 0) is 12.8 Å². The van der Waals surface area contributed by atoms with E-state index >= 15 is 0 Å². The summed E-state index contributed by atoms with van der Waals surface area (Å²) >= 11 is 5.99. The van der Waals surface area contributed by atoms with Gasteiger partial charge >= 0.3 is 0 Å². The lowest BCUT2D eigenvalue weighted by Gasteiger charge is -2.20. The molecule has 2 heterocycles. The van der Waals surface area contributed by atoms with E-state index in [9.17, 15) is 9.90 Å². The minimum absolute atomic E-state index is 0.102. The molecule has 0 spiro atoms. The molecule has 0 amide bonds. The van der Waals surface area contributed by atoms with Gasteiger partial charge in [0.05, 0.1) is 18.6 Å². The number of aryl methyl sites for hydroxylation is 1. The fraction of sp³-hybridized carbons (Fsp3) is 0.379. The van der Waals surface area contributed by atoms with Crippen LogP contribution >= 0.6 is 11.6 Å². The topological polar surface area (TPSA) is 113 Å². The number of aromatic nitrogens is 4. The first-order valence-corrected chi connectivity index (χ1v) is 13.8. The van der Waals surface area contributed by atoms with Gasteiger partial charge in [-0.1, -0.05) is 43.1 Å². The normalized spacial score (nSPS) is 14.9. The Balaban J connectivity index is 1.46. The Hall–Kier alpha value is -3.85. The van der Waals surface area contributed by atoms with Crippen LogP contribution in [0.4, 0.5) is 0 Å². The average Bonchev–Trinajstić information content (AvgIpc) is 3.86. The second-order valence-corrected chi connectivity index (χ2v) is 10.4. The fourth-order valence-electron chi connectivity index (χ4n) is 4.32. The van der Waals surface area contributed by atoms with Crippen LogP contribution in [0.3, 0.4) is 0 Å². The Morgan fingerprint density at radius 2 is 1.69 bits per heavy atom. The molecule has 2 fully saturated rings.